The third-order valence-corrected chi connectivity index (χ3v) is 6.66. The van der Waals surface area contributed by atoms with E-state index in [-0.39, 0.29) is 25.0 Å². The first-order chi connectivity index (χ1) is 17.5. The van der Waals surface area contributed by atoms with E-state index in [0.29, 0.717) is 47.7 Å². The Hall–Kier alpha value is -3.46. The second kappa shape index (κ2) is 11.5. The van der Waals surface area contributed by atoms with Crippen LogP contribution < -0.4 is 9.47 Å². The van der Waals surface area contributed by atoms with Gasteiger partial charge in [-0.3, -0.25) is 14.5 Å². The van der Waals surface area contributed by atoms with Crippen molar-refractivity contribution in [2.24, 2.45) is 5.10 Å². The predicted octanol–water partition coefficient (Wildman–Crippen LogP) is 3.94. The van der Waals surface area contributed by atoms with Gasteiger partial charge in [0.05, 0.1) is 39.1 Å². The summed E-state index contributed by atoms with van der Waals surface area (Å²) in [5.74, 6) is 0.183. The zero-order chi connectivity index (χ0) is 25.7. The molecule has 0 saturated carbocycles. The van der Waals surface area contributed by atoms with Gasteiger partial charge in [-0.2, -0.15) is 5.10 Å². The summed E-state index contributed by atoms with van der Waals surface area (Å²) >= 11 is 0. The molecule has 2 atom stereocenters. The van der Waals surface area contributed by atoms with E-state index in [1.165, 1.54) is 11.1 Å². The van der Waals surface area contributed by atoms with Gasteiger partial charge in [-0.1, -0.05) is 24.6 Å². The van der Waals surface area contributed by atoms with Crippen LogP contribution in [0.1, 0.15) is 49.8 Å². The molecule has 1 saturated heterocycles. The van der Waals surface area contributed by atoms with Crippen LogP contribution in [-0.4, -0.2) is 67.5 Å². The second-order valence-corrected chi connectivity index (χ2v) is 8.83. The van der Waals surface area contributed by atoms with Crippen LogP contribution in [0.2, 0.25) is 0 Å². The first-order valence-electron chi connectivity index (χ1n) is 12.2. The van der Waals surface area contributed by atoms with Crippen molar-refractivity contribution in [3.05, 3.63) is 59.4 Å². The number of piperidine rings is 1. The summed E-state index contributed by atoms with van der Waals surface area (Å²) in [5, 5.41) is 6.00. The first-order valence-corrected chi connectivity index (χ1v) is 12.2. The standard InChI is InChI=1S/C27H32FN3O5/c1-4-36-27(33)23-11-7-8-14-30(23)17-26(32)31-24(20-15-18(34-2)12-13-25(20)35-3)16-22(29-31)19-9-5-6-10-21(19)28/h5-6,9-10,12-13,15,23-24H,4,7-8,11,14,16-17H2,1-3H3/t23-,24+/m0/s1. The van der Waals surface area contributed by atoms with E-state index in [0.717, 1.165) is 12.8 Å². The van der Waals surface area contributed by atoms with Crippen LogP contribution in [0.5, 0.6) is 11.5 Å². The molecular formula is C27H32FN3O5. The Labute approximate surface area is 210 Å². The Kier molecular flexibility index (Phi) is 8.20. The Bertz CT molecular complexity index is 1140. The van der Waals surface area contributed by atoms with Crippen molar-refractivity contribution >= 4 is 17.6 Å². The number of amides is 1. The minimum absolute atomic E-state index is 0.000314. The van der Waals surface area contributed by atoms with Crippen LogP contribution in [0, 0.1) is 5.82 Å². The fraction of sp³-hybridized carbons (Fsp3) is 0.444. The van der Waals surface area contributed by atoms with Crippen molar-refractivity contribution in [3.63, 3.8) is 0 Å². The molecule has 36 heavy (non-hydrogen) atoms. The lowest BCUT2D eigenvalue weighted by molar-refractivity contribution is -0.152. The third-order valence-electron chi connectivity index (χ3n) is 6.66. The van der Waals surface area contributed by atoms with Crippen molar-refractivity contribution in [3.8, 4) is 11.5 Å². The smallest absolute Gasteiger partial charge is 0.323 e. The Morgan fingerprint density at radius 1 is 1.11 bits per heavy atom. The van der Waals surface area contributed by atoms with E-state index in [4.69, 9.17) is 14.2 Å². The van der Waals surface area contributed by atoms with Crippen molar-refractivity contribution in [1.29, 1.82) is 0 Å². The minimum atomic E-state index is -0.525. The number of rotatable bonds is 8. The number of hydrogen-bond acceptors (Lipinski definition) is 7. The Morgan fingerprint density at radius 3 is 2.64 bits per heavy atom. The largest absolute Gasteiger partial charge is 0.497 e. The molecule has 0 unspecified atom stereocenters. The maximum absolute atomic E-state index is 14.7. The van der Waals surface area contributed by atoms with E-state index in [1.54, 1.807) is 51.5 Å². The van der Waals surface area contributed by atoms with Gasteiger partial charge in [0, 0.05) is 17.5 Å². The SMILES string of the molecule is CCOC(=O)[C@@H]1CCCCN1CC(=O)N1N=C(c2ccccc2F)C[C@@H]1c1cc(OC)ccc1OC. The molecule has 192 valence electrons. The number of methoxy groups -OCH3 is 2. The summed E-state index contributed by atoms with van der Waals surface area (Å²) in [6.45, 7) is 2.67. The molecule has 0 aliphatic carbocycles. The molecule has 2 aromatic carbocycles. The lowest BCUT2D eigenvalue weighted by atomic mass is 9.97. The number of carbonyl (C=O) groups is 2. The number of hydrogen-bond donors (Lipinski definition) is 0. The molecule has 9 heteroatoms. The molecule has 2 heterocycles. The Morgan fingerprint density at radius 2 is 1.92 bits per heavy atom. The first kappa shape index (κ1) is 25.6. The van der Waals surface area contributed by atoms with Gasteiger partial charge in [0.15, 0.2) is 0 Å². The van der Waals surface area contributed by atoms with E-state index in [2.05, 4.69) is 5.10 Å². The molecule has 0 spiro atoms. The molecular weight excluding hydrogens is 465 g/mol. The predicted molar refractivity (Wildman–Crippen MR) is 133 cm³/mol. The van der Waals surface area contributed by atoms with Crippen LogP contribution in [0.25, 0.3) is 0 Å². The van der Waals surface area contributed by atoms with Crippen LogP contribution in [0.4, 0.5) is 4.39 Å². The third kappa shape index (κ3) is 5.36. The van der Waals surface area contributed by atoms with Crippen molar-refractivity contribution in [1.82, 2.24) is 9.91 Å². The highest BCUT2D eigenvalue weighted by atomic mass is 19.1. The fourth-order valence-corrected chi connectivity index (χ4v) is 4.87. The molecule has 1 amide bonds. The van der Waals surface area contributed by atoms with Crippen LogP contribution in [0.15, 0.2) is 47.6 Å². The van der Waals surface area contributed by atoms with Crippen LogP contribution >= 0.6 is 0 Å². The molecule has 2 aliphatic rings. The molecule has 0 bridgehead atoms. The normalized spacial score (nSPS) is 20.1. The number of likely N-dealkylation sites (tertiary alicyclic amines) is 1. The van der Waals surface area contributed by atoms with Gasteiger partial charge in [0.1, 0.15) is 23.4 Å². The zero-order valence-electron chi connectivity index (χ0n) is 20.9. The maximum atomic E-state index is 14.7. The van der Waals surface area contributed by atoms with Gasteiger partial charge in [0.25, 0.3) is 5.91 Å². The molecule has 0 aromatic heterocycles. The summed E-state index contributed by atoms with van der Waals surface area (Å²) < 4.78 is 30.9. The second-order valence-electron chi connectivity index (χ2n) is 8.83. The Balaban J connectivity index is 1.68. The summed E-state index contributed by atoms with van der Waals surface area (Å²) in [6.07, 6.45) is 2.73. The van der Waals surface area contributed by atoms with Crippen molar-refractivity contribution in [2.45, 2.75) is 44.7 Å². The highest BCUT2D eigenvalue weighted by Gasteiger charge is 2.38. The van der Waals surface area contributed by atoms with E-state index in [1.807, 2.05) is 11.0 Å². The quantitative estimate of drug-likeness (QED) is 0.514. The number of halogens is 1. The van der Waals surface area contributed by atoms with Crippen molar-refractivity contribution in [2.75, 3.05) is 33.9 Å². The minimum Gasteiger partial charge on any atom is -0.497 e. The summed E-state index contributed by atoms with van der Waals surface area (Å²) in [5.41, 5.74) is 1.53. The average molecular weight is 498 g/mol. The number of hydrazone groups is 1. The monoisotopic (exact) mass is 497 g/mol. The summed E-state index contributed by atoms with van der Waals surface area (Å²) in [6, 6.07) is 10.8. The maximum Gasteiger partial charge on any atom is 0.323 e. The molecule has 2 aromatic rings. The highest BCUT2D eigenvalue weighted by Crippen LogP contribution is 2.39. The number of carbonyl (C=O) groups excluding carboxylic acids is 2. The summed E-state index contributed by atoms with van der Waals surface area (Å²) in [4.78, 5) is 28.1. The number of nitrogens with zero attached hydrogens (tertiary/aromatic N) is 3. The molecule has 0 N–H and O–H groups in total. The zero-order valence-corrected chi connectivity index (χ0v) is 20.9. The van der Waals surface area contributed by atoms with Crippen LogP contribution in [-0.2, 0) is 14.3 Å². The van der Waals surface area contributed by atoms with Gasteiger partial charge in [0.2, 0.25) is 0 Å². The van der Waals surface area contributed by atoms with E-state index >= 15 is 0 Å². The van der Waals surface area contributed by atoms with Gasteiger partial charge >= 0.3 is 5.97 Å². The molecule has 2 aliphatic heterocycles. The number of ether oxygens (including phenoxy) is 3. The van der Waals surface area contributed by atoms with Gasteiger partial charge in [-0.15, -0.1) is 0 Å². The summed E-state index contributed by atoms with van der Waals surface area (Å²) in [7, 11) is 3.12. The fourth-order valence-electron chi connectivity index (χ4n) is 4.87. The highest BCUT2D eigenvalue weighted by molar-refractivity contribution is 6.03. The van der Waals surface area contributed by atoms with E-state index < -0.39 is 17.9 Å². The molecule has 4 rings (SSSR count). The lowest BCUT2D eigenvalue weighted by Gasteiger charge is -2.34. The van der Waals surface area contributed by atoms with Gasteiger partial charge in [-0.05, 0) is 50.6 Å². The van der Waals surface area contributed by atoms with Gasteiger partial charge < -0.3 is 14.2 Å². The average Bonchev–Trinajstić information content (AvgIpc) is 3.34. The van der Waals surface area contributed by atoms with Crippen molar-refractivity contribution < 1.29 is 28.2 Å². The van der Waals surface area contributed by atoms with Gasteiger partial charge in [-0.25, -0.2) is 9.40 Å². The van der Waals surface area contributed by atoms with Crippen LogP contribution in [0.3, 0.4) is 0 Å². The number of benzene rings is 2. The lowest BCUT2D eigenvalue weighted by Crippen LogP contribution is -2.49. The number of esters is 1. The molecule has 8 nitrogen and oxygen atoms in total. The molecule has 0 radical (unpaired) electrons. The topological polar surface area (TPSA) is 80.7 Å². The molecule has 1 fully saturated rings. The van der Waals surface area contributed by atoms with E-state index in [9.17, 15) is 14.0 Å².